The van der Waals surface area contributed by atoms with Crippen LogP contribution in [0.5, 0.6) is 0 Å². The summed E-state index contributed by atoms with van der Waals surface area (Å²) < 4.78 is 1.34. The lowest BCUT2D eigenvalue weighted by Crippen LogP contribution is -2.06. The van der Waals surface area contributed by atoms with E-state index in [1.54, 1.807) is 26.1 Å². The van der Waals surface area contributed by atoms with E-state index in [0.717, 1.165) is 0 Å². The van der Waals surface area contributed by atoms with Crippen LogP contribution in [0.3, 0.4) is 0 Å². The molecule has 0 unspecified atom stereocenters. The minimum Gasteiger partial charge on any atom is -0.477 e. The zero-order chi connectivity index (χ0) is 12.8. The minimum atomic E-state index is -1.01. The smallest absolute Gasteiger partial charge is 0.354 e. The number of carboxylic acids is 1. The maximum absolute atomic E-state index is 11.0. The van der Waals surface area contributed by atoms with Crippen LogP contribution in [0.15, 0.2) is 11.2 Å². The summed E-state index contributed by atoms with van der Waals surface area (Å²) in [6.45, 7) is 2.11. The van der Waals surface area contributed by atoms with E-state index in [9.17, 15) is 4.79 Å². The Hall–Kier alpha value is -2.27. The fraction of sp³-hybridized carbons (Fsp3) is 0.400. The number of carboxylic acid groups (broad SMARTS) is 1. The van der Waals surface area contributed by atoms with Gasteiger partial charge in [0.1, 0.15) is 0 Å². The number of rotatable bonds is 5. The summed E-state index contributed by atoms with van der Waals surface area (Å²) in [6, 6.07) is 0. The Morgan fingerprint density at radius 1 is 1.71 bits per heavy atom. The molecule has 0 aliphatic rings. The predicted molar refractivity (Wildman–Crippen MR) is 62.6 cm³/mol. The standard InChI is InChI=1S/C10H13N5O2/c1-7-8(5-3-4-6-12-14-11)9(10(16)17)15(2)13-7/h3,5H,4,6H2,1-2H3,(H,16,17). The third kappa shape index (κ3) is 3.09. The van der Waals surface area contributed by atoms with Gasteiger partial charge in [-0.05, 0) is 18.9 Å². The Bertz CT molecular complexity index is 497. The van der Waals surface area contributed by atoms with Gasteiger partial charge in [-0.3, -0.25) is 4.68 Å². The molecule has 1 aromatic rings. The van der Waals surface area contributed by atoms with E-state index in [-0.39, 0.29) is 5.69 Å². The van der Waals surface area contributed by atoms with E-state index in [2.05, 4.69) is 15.1 Å². The molecule has 1 N–H and O–H groups in total. The molecule has 1 rings (SSSR count). The van der Waals surface area contributed by atoms with Crippen molar-refractivity contribution < 1.29 is 9.90 Å². The first kappa shape index (κ1) is 12.8. The fourth-order valence-corrected chi connectivity index (χ4v) is 1.51. The first-order valence-electron chi connectivity index (χ1n) is 5.02. The van der Waals surface area contributed by atoms with Crippen molar-refractivity contribution in [3.63, 3.8) is 0 Å². The second-order valence-corrected chi connectivity index (χ2v) is 3.42. The van der Waals surface area contributed by atoms with Gasteiger partial charge >= 0.3 is 5.97 Å². The van der Waals surface area contributed by atoms with E-state index in [1.807, 2.05) is 0 Å². The lowest BCUT2D eigenvalue weighted by molar-refractivity contribution is 0.0685. The first-order chi connectivity index (χ1) is 8.07. The summed E-state index contributed by atoms with van der Waals surface area (Å²) in [4.78, 5) is 13.7. The fourth-order valence-electron chi connectivity index (χ4n) is 1.51. The summed E-state index contributed by atoms with van der Waals surface area (Å²) in [5.41, 5.74) is 9.49. The van der Waals surface area contributed by atoms with Crippen LogP contribution in [-0.2, 0) is 7.05 Å². The molecule has 0 radical (unpaired) electrons. The van der Waals surface area contributed by atoms with Gasteiger partial charge in [0.2, 0.25) is 0 Å². The number of hydrogen-bond donors (Lipinski definition) is 1. The number of azide groups is 1. The van der Waals surface area contributed by atoms with Crippen LogP contribution < -0.4 is 0 Å². The highest BCUT2D eigenvalue weighted by Gasteiger charge is 2.16. The van der Waals surface area contributed by atoms with Gasteiger partial charge in [-0.2, -0.15) is 5.10 Å². The maximum atomic E-state index is 11.0. The number of hydrogen-bond acceptors (Lipinski definition) is 3. The molecule has 0 bridgehead atoms. The molecule has 90 valence electrons. The first-order valence-corrected chi connectivity index (χ1v) is 5.02. The molecule has 0 aliphatic heterocycles. The Kier molecular flexibility index (Phi) is 4.30. The number of carbonyl (C=O) groups is 1. The number of aromatic nitrogens is 2. The monoisotopic (exact) mass is 235 g/mol. The molecule has 7 heteroatoms. The van der Waals surface area contributed by atoms with Gasteiger partial charge in [-0.15, -0.1) is 0 Å². The van der Waals surface area contributed by atoms with Crippen LogP contribution in [0.4, 0.5) is 0 Å². The molecule has 0 saturated carbocycles. The molecule has 17 heavy (non-hydrogen) atoms. The Labute approximate surface area is 98.0 Å². The molecule has 7 nitrogen and oxygen atoms in total. The third-order valence-corrected chi connectivity index (χ3v) is 2.21. The van der Waals surface area contributed by atoms with Crippen LogP contribution in [0.25, 0.3) is 16.5 Å². The minimum absolute atomic E-state index is 0.155. The topological polar surface area (TPSA) is 104 Å². The quantitative estimate of drug-likeness (QED) is 0.366. The lowest BCUT2D eigenvalue weighted by atomic mass is 10.1. The highest BCUT2D eigenvalue weighted by Crippen LogP contribution is 2.15. The van der Waals surface area contributed by atoms with Crippen molar-refractivity contribution in [1.82, 2.24) is 9.78 Å². The highest BCUT2D eigenvalue weighted by molar-refractivity contribution is 5.90. The van der Waals surface area contributed by atoms with E-state index < -0.39 is 5.97 Å². The summed E-state index contributed by atoms with van der Waals surface area (Å²) in [5.74, 6) is -1.01. The highest BCUT2D eigenvalue weighted by atomic mass is 16.4. The van der Waals surface area contributed by atoms with Gasteiger partial charge in [0, 0.05) is 24.1 Å². The van der Waals surface area contributed by atoms with Crippen LogP contribution in [0.1, 0.15) is 28.2 Å². The predicted octanol–water partition coefficient (Wildman–Crippen LogP) is 2.14. The Morgan fingerprint density at radius 3 is 3.00 bits per heavy atom. The zero-order valence-corrected chi connectivity index (χ0v) is 9.66. The van der Waals surface area contributed by atoms with Gasteiger partial charge in [0.15, 0.2) is 5.69 Å². The van der Waals surface area contributed by atoms with Gasteiger partial charge < -0.3 is 5.11 Å². The van der Waals surface area contributed by atoms with Crippen molar-refractivity contribution >= 4 is 12.0 Å². The second-order valence-electron chi connectivity index (χ2n) is 3.42. The molecule has 0 fully saturated rings. The average molecular weight is 235 g/mol. The third-order valence-electron chi connectivity index (χ3n) is 2.21. The van der Waals surface area contributed by atoms with Crippen molar-refractivity contribution in [1.29, 1.82) is 0 Å². The lowest BCUT2D eigenvalue weighted by Gasteiger charge is -1.96. The average Bonchev–Trinajstić information content (AvgIpc) is 2.53. The molecular formula is C10H13N5O2. The molecule has 0 atom stereocenters. The van der Waals surface area contributed by atoms with E-state index in [0.29, 0.717) is 24.2 Å². The Morgan fingerprint density at radius 2 is 2.41 bits per heavy atom. The van der Waals surface area contributed by atoms with Gasteiger partial charge in [0.05, 0.1) is 5.69 Å². The molecule has 0 spiro atoms. The van der Waals surface area contributed by atoms with Crippen molar-refractivity contribution in [3.8, 4) is 0 Å². The molecule has 0 aromatic carbocycles. The van der Waals surface area contributed by atoms with Crippen LogP contribution >= 0.6 is 0 Å². The molecule has 0 amide bonds. The summed E-state index contributed by atoms with van der Waals surface area (Å²) in [5, 5.41) is 16.5. The SMILES string of the molecule is Cc1nn(C)c(C(=O)O)c1C=CCCN=[N+]=[N-]. The molecule has 1 aromatic heterocycles. The van der Waals surface area contributed by atoms with E-state index in [1.165, 1.54) is 4.68 Å². The molecule has 0 saturated heterocycles. The summed E-state index contributed by atoms with van der Waals surface area (Å²) in [7, 11) is 1.59. The maximum Gasteiger partial charge on any atom is 0.354 e. The van der Waals surface area contributed by atoms with Gasteiger partial charge in [-0.25, -0.2) is 4.79 Å². The van der Waals surface area contributed by atoms with Crippen molar-refractivity contribution in [2.45, 2.75) is 13.3 Å². The van der Waals surface area contributed by atoms with E-state index in [4.69, 9.17) is 10.6 Å². The number of aromatic carboxylic acids is 1. The van der Waals surface area contributed by atoms with Crippen LogP contribution in [-0.4, -0.2) is 27.4 Å². The van der Waals surface area contributed by atoms with Crippen LogP contribution in [0.2, 0.25) is 0 Å². The van der Waals surface area contributed by atoms with Crippen LogP contribution in [0, 0.1) is 6.92 Å². The zero-order valence-electron chi connectivity index (χ0n) is 9.66. The molecular weight excluding hydrogens is 222 g/mol. The number of aryl methyl sites for hydroxylation is 2. The Balaban J connectivity index is 2.90. The van der Waals surface area contributed by atoms with E-state index >= 15 is 0 Å². The second kappa shape index (κ2) is 5.72. The van der Waals surface area contributed by atoms with Crippen molar-refractivity contribution in [2.75, 3.05) is 6.54 Å². The number of nitrogens with zero attached hydrogens (tertiary/aromatic N) is 5. The van der Waals surface area contributed by atoms with Gasteiger partial charge in [-0.1, -0.05) is 17.3 Å². The molecule has 1 heterocycles. The summed E-state index contributed by atoms with van der Waals surface area (Å²) in [6.07, 6.45) is 4.03. The van der Waals surface area contributed by atoms with Crippen molar-refractivity contribution in [2.24, 2.45) is 12.2 Å². The largest absolute Gasteiger partial charge is 0.477 e. The van der Waals surface area contributed by atoms with Crippen molar-refractivity contribution in [3.05, 3.63) is 33.5 Å². The molecule has 0 aliphatic carbocycles. The van der Waals surface area contributed by atoms with Gasteiger partial charge in [0.25, 0.3) is 0 Å². The summed E-state index contributed by atoms with van der Waals surface area (Å²) >= 11 is 0. The normalized spacial score (nSPS) is 10.5.